The number of carbonyl (C=O) groups is 2. The minimum Gasteiger partial charge on any atom is -0.427 e. The van der Waals surface area contributed by atoms with Gasteiger partial charge in [0.1, 0.15) is 11.7 Å². The highest BCUT2D eigenvalue weighted by Gasteiger charge is 2.66. The van der Waals surface area contributed by atoms with Crippen LogP contribution in [-0.4, -0.2) is 36.4 Å². The third-order valence-corrected chi connectivity index (χ3v) is 5.38. The molecule has 2 aromatic carbocycles. The molecule has 2 heterocycles. The first kappa shape index (κ1) is 21.0. The summed E-state index contributed by atoms with van der Waals surface area (Å²) in [6.45, 7) is -0.0792. The van der Waals surface area contributed by atoms with Gasteiger partial charge in [0, 0.05) is 19.5 Å². The van der Waals surface area contributed by atoms with Crippen molar-refractivity contribution in [2.45, 2.75) is 17.9 Å². The number of nitrogens with one attached hydrogen (secondary N) is 1. The van der Waals surface area contributed by atoms with Gasteiger partial charge in [-0.3, -0.25) is 9.59 Å². The predicted molar refractivity (Wildman–Crippen MR) is 94.8 cm³/mol. The maximum atomic E-state index is 14.1. The molecule has 1 saturated heterocycles. The number of halogens is 6. The zero-order valence-corrected chi connectivity index (χ0v) is 15.8. The van der Waals surface area contributed by atoms with E-state index in [1.165, 1.54) is 13.1 Å². The smallest absolute Gasteiger partial charge is 0.427 e. The highest BCUT2D eigenvalue weighted by Crippen LogP contribution is 2.54. The van der Waals surface area contributed by atoms with Gasteiger partial charge >= 0.3 is 12.0 Å². The largest absolute Gasteiger partial charge is 0.469 e. The van der Waals surface area contributed by atoms with Crippen molar-refractivity contribution in [3.8, 4) is 5.75 Å². The molecule has 5 nitrogen and oxygen atoms in total. The Balaban J connectivity index is 1.68. The average molecular weight is 444 g/mol. The van der Waals surface area contributed by atoms with E-state index in [-0.39, 0.29) is 12.1 Å². The van der Waals surface area contributed by atoms with E-state index in [1.807, 2.05) is 0 Å². The number of rotatable bonds is 3. The first-order chi connectivity index (χ1) is 14.4. The molecule has 4 rings (SSSR count). The highest BCUT2D eigenvalue weighted by molar-refractivity contribution is 6.08. The van der Waals surface area contributed by atoms with Crippen LogP contribution in [0, 0.1) is 17.6 Å². The lowest BCUT2D eigenvalue weighted by atomic mass is 9.86. The van der Waals surface area contributed by atoms with Crippen LogP contribution >= 0.6 is 0 Å². The Labute approximate surface area is 171 Å². The number of amides is 2. The summed E-state index contributed by atoms with van der Waals surface area (Å²) in [5.74, 6) is -12.0. The summed E-state index contributed by atoms with van der Waals surface area (Å²) in [7, 11) is 1.37. The molecule has 0 aliphatic carbocycles. The molecule has 2 atom stereocenters. The van der Waals surface area contributed by atoms with E-state index in [0.717, 1.165) is 35.2 Å². The van der Waals surface area contributed by atoms with Gasteiger partial charge < -0.3 is 15.0 Å². The van der Waals surface area contributed by atoms with E-state index in [2.05, 4.69) is 10.1 Å². The molecule has 164 valence electrons. The maximum absolute atomic E-state index is 14.1. The van der Waals surface area contributed by atoms with Crippen molar-refractivity contribution in [3.05, 3.63) is 59.2 Å². The Morgan fingerprint density at radius 1 is 1.16 bits per heavy atom. The molecule has 1 fully saturated rings. The number of ether oxygens (including phenoxy) is 1. The standard InChI is InChI=1S/C20H14F6N2O3/c1-28-8-10(9-5-6-14-11(7-9)19(23,24)20(25,26)31-14)15(18(28)30)17(29)27-13-4-2-3-12(21)16(13)22/h2-7,10,15H,8H2,1H3,(H,27,29)/t10-,15+/m1/s1. The molecule has 2 aromatic rings. The van der Waals surface area contributed by atoms with Crippen molar-refractivity contribution in [2.75, 3.05) is 18.9 Å². The van der Waals surface area contributed by atoms with Gasteiger partial charge in [0.15, 0.2) is 11.6 Å². The molecule has 0 bridgehead atoms. The molecular formula is C20H14F6N2O3. The summed E-state index contributed by atoms with van der Waals surface area (Å²) in [5.41, 5.74) is -1.54. The first-order valence-corrected chi connectivity index (χ1v) is 9.03. The van der Waals surface area contributed by atoms with Crippen LogP contribution in [0.1, 0.15) is 17.0 Å². The van der Waals surface area contributed by atoms with Crippen LogP contribution < -0.4 is 10.1 Å². The maximum Gasteiger partial charge on any atom is 0.469 e. The van der Waals surface area contributed by atoms with Crippen LogP contribution in [0.15, 0.2) is 36.4 Å². The molecule has 1 N–H and O–H groups in total. The number of carbonyl (C=O) groups excluding carboxylic acids is 2. The van der Waals surface area contributed by atoms with E-state index in [1.54, 1.807) is 0 Å². The Hall–Kier alpha value is -3.24. The lowest BCUT2D eigenvalue weighted by Crippen LogP contribution is -2.37. The molecule has 0 aromatic heterocycles. The van der Waals surface area contributed by atoms with Gasteiger partial charge in [-0.05, 0) is 29.8 Å². The summed E-state index contributed by atoms with van der Waals surface area (Å²) < 4.78 is 86.4. The summed E-state index contributed by atoms with van der Waals surface area (Å²) in [5, 5.41) is 2.13. The van der Waals surface area contributed by atoms with Crippen LogP contribution in [0.5, 0.6) is 5.75 Å². The number of hydrogen-bond acceptors (Lipinski definition) is 3. The fraction of sp³-hybridized carbons (Fsp3) is 0.300. The quantitative estimate of drug-likeness (QED) is 0.578. The lowest BCUT2D eigenvalue weighted by Gasteiger charge is -2.19. The Morgan fingerprint density at radius 3 is 2.58 bits per heavy atom. The molecule has 31 heavy (non-hydrogen) atoms. The second-order valence-corrected chi connectivity index (χ2v) is 7.34. The number of likely N-dealkylation sites (tertiary alicyclic amines) is 1. The lowest BCUT2D eigenvalue weighted by molar-refractivity contribution is -0.296. The average Bonchev–Trinajstić information content (AvgIpc) is 3.08. The number of likely N-dealkylation sites (N-methyl/N-ethyl adjacent to an activating group) is 1. The van der Waals surface area contributed by atoms with Crippen LogP contribution in [0.4, 0.5) is 32.0 Å². The molecule has 0 unspecified atom stereocenters. The van der Waals surface area contributed by atoms with Crippen molar-refractivity contribution < 1.29 is 40.7 Å². The second kappa shape index (κ2) is 6.89. The highest BCUT2D eigenvalue weighted by atomic mass is 19.3. The van der Waals surface area contributed by atoms with Crippen molar-refractivity contribution in [3.63, 3.8) is 0 Å². The number of alkyl halides is 4. The van der Waals surface area contributed by atoms with Crippen LogP contribution in [0.25, 0.3) is 0 Å². The molecule has 2 aliphatic rings. The SMILES string of the molecule is CN1C[C@H](c2ccc3c(c2)C(F)(F)C(F)(F)O3)[C@@H](C(=O)Nc2cccc(F)c2F)C1=O. The van der Waals surface area contributed by atoms with Gasteiger partial charge in [-0.2, -0.15) is 17.6 Å². The van der Waals surface area contributed by atoms with E-state index >= 15 is 0 Å². The fourth-order valence-corrected chi connectivity index (χ4v) is 3.78. The predicted octanol–water partition coefficient (Wildman–Crippen LogP) is 3.85. The third kappa shape index (κ3) is 3.19. The molecule has 0 radical (unpaired) electrons. The molecule has 0 spiro atoms. The van der Waals surface area contributed by atoms with Gasteiger partial charge in [0.25, 0.3) is 0 Å². The normalized spacial score (nSPS) is 23.5. The summed E-state index contributed by atoms with van der Waals surface area (Å²) in [6.07, 6.45) is -4.73. The molecular weight excluding hydrogens is 430 g/mol. The number of hydrogen-bond donors (Lipinski definition) is 1. The van der Waals surface area contributed by atoms with Gasteiger partial charge in [-0.1, -0.05) is 12.1 Å². The van der Waals surface area contributed by atoms with Crippen molar-refractivity contribution >= 4 is 17.5 Å². The van der Waals surface area contributed by atoms with E-state index in [9.17, 15) is 35.9 Å². The summed E-state index contributed by atoms with van der Waals surface area (Å²) >= 11 is 0. The fourth-order valence-electron chi connectivity index (χ4n) is 3.78. The first-order valence-electron chi connectivity index (χ1n) is 9.03. The van der Waals surface area contributed by atoms with Gasteiger partial charge in [-0.25, -0.2) is 8.78 Å². The van der Waals surface area contributed by atoms with Crippen molar-refractivity contribution in [1.82, 2.24) is 4.90 Å². The summed E-state index contributed by atoms with van der Waals surface area (Å²) in [4.78, 5) is 26.4. The topological polar surface area (TPSA) is 58.6 Å². The molecule has 2 amide bonds. The Kier molecular flexibility index (Phi) is 4.67. The van der Waals surface area contributed by atoms with Crippen LogP contribution in [-0.2, 0) is 15.5 Å². The Bertz CT molecular complexity index is 1090. The van der Waals surface area contributed by atoms with Crippen LogP contribution in [0.2, 0.25) is 0 Å². The number of benzene rings is 2. The van der Waals surface area contributed by atoms with E-state index in [0.29, 0.717) is 0 Å². The van der Waals surface area contributed by atoms with Crippen molar-refractivity contribution in [1.29, 1.82) is 0 Å². The monoisotopic (exact) mass is 444 g/mol. The molecule has 2 aliphatic heterocycles. The number of nitrogens with zero attached hydrogens (tertiary/aromatic N) is 1. The number of anilines is 1. The minimum absolute atomic E-state index is 0.0253. The zero-order valence-electron chi connectivity index (χ0n) is 15.8. The number of fused-ring (bicyclic) bond motifs is 1. The Morgan fingerprint density at radius 2 is 1.87 bits per heavy atom. The van der Waals surface area contributed by atoms with E-state index in [4.69, 9.17) is 0 Å². The zero-order chi connectivity index (χ0) is 22.7. The van der Waals surface area contributed by atoms with Gasteiger partial charge in [0.2, 0.25) is 11.8 Å². The van der Waals surface area contributed by atoms with E-state index < -0.39 is 64.3 Å². The third-order valence-electron chi connectivity index (χ3n) is 5.38. The van der Waals surface area contributed by atoms with Crippen LogP contribution in [0.3, 0.4) is 0 Å². The van der Waals surface area contributed by atoms with Gasteiger partial charge in [-0.15, -0.1) is 0 Å². The molecule has 0 saturated carbocycles. The van der Waals surface area contributed by atoms with Gasteiger partial charge in [0.05, 0.1) is 11.3 Å². The van der Waals surface area contributed by atoms with Crippen molar-refractivity contribution in [2.24, 2.45) is 5.92 Å². The molecule has 11 heteroatoms. The minimum atomic E-state index is -4.73. The summed E-state index contributed by atoms with van der Waals surface area (Å²) in [6, 6.07) is 5.97. The second-order valence-electron chi connectivity index (χ2n) is 7.34.